The predicted molar refractivity (Wildman–Crippen MR) is 103 cm³/mol. The lowest BCUT2D eigenvalue weighted by Crippen LogP contribution is -2.51. The molecule has 0 bridgehead atoms. The molecule has 9 atom stereocenters. The fourth-order valence-electron chi connectivity index (χ4n) is 4.82. The lowest BCUT2D eigenvalue weighted by atomic mass is 9.77. The van der Waals surface area contributed by atoms with Crippen molar-refractivity contribution in [2.45, 2.75) is 106 Å². The molecule has 2 fully saturated rings. The van der Waals surface area contributed by atoms with Crippen molar-refractivity contribution in [3.8, 4) is 0 Å². The van der Waals surface area contributed by atoms with Crippen LogP contribution in [0, 0.1) is 35.5 Å². The average molecular weight is 355 g/mol. The van der Waals surface area contributed by atoms with Gasteiger partial charge >= 0.3 is 0 Å². The van der Waals surface area contributed by atoms with E-state index in [0.717, 1.165) is 19.3 Å². The first-order valence-electron chi connectivity index (χ1n) is 10.7. The molecule has 3 heteroatoms. The van der Waals surface area contributed by atoms with Gasteiger partial charge in [-0.25, -0.2) is 0 Å². The van der Waals surface area contributed by atoms with Crippen LogP contribution in [0.15, 0.2) is 0 Å². The van der Waals surface area contributed by atoms with E-state index in [1.165, 1.54) is 0 Å². The van der Waals surface area contributed by atoms with Gasteiger partial charge in [-0.3, -0.25) is 0 Å². The van der Waals surface area contributed by atoms with Gasteiger partial charge in [0.1, 0.15) is 0 Å². The molecule has 148 valence electrons. The first-order chi connectivity index (χ1) is 11.7. The van der Waals surface area contributed by atoms with E-state index in [0.29, 0.717) is 35.5 Å². The first-order valence-corrected chi connectivity index (χ1v) is 10.7. The number of hydrogen-bond donors (Lipinski definition) is 0. The largest absolute Gasteiger partial charge is 0.349 e. The van der Waals surface area contributed by atoms with Crippen LogP contribution in [-0.2, 0) is 14.2 Å². The van der Waals surface area contributed by atoms with E-state index in [4.69, 9.17) is 14.2 Å². The normalized spacial score (nSPS) is 48.2. The van der Waals surface area contributed by atoms with Crippen molar-refractivity contribution < 1.29 is 14.2 Å². The van der Waals surface area contributed by atoms with Gasteiger partial charge in [0.05, 0.1) is 12.2 Å². The Balaban J connectivity index is 2.18. The summed E-state index contributed by atoms with van der Waals surface area (Å²) in [6, 6.07) is 0. The predicted octanol–water partition coefficient (Wildman–Crippen LogP) is 5.87. The van der Waals surface area contributed by atoms with Gasteiger partial charge in [-0.05, 0) is 42.9 Å². The maximum Gasteiger partial charge on any atom is 0.174 e. The van der Waals surface area contributed by atoms with Crippen molar-refractivity contribution in [2.75, 3.05) is 0 Å². The average Bonchev–Trinajstić information content (AvgIpc) is 2.82. The summed E-state index contributed by atoms with van der Waals surface area (Å²) in [4.78, 5) is 0. The van der Waals surface area contributed by atoms with Crippen LogP contribution in [0.5, 0.6) is 0 Å². The summed E-state index contributed by atoms with van der Waals surface area (Å²) in [6.45, 7) is 20.5. The van der Waals surface area contributed by atoms with Gasteiger partial charge in [0.15, 0.2) is 12.1 Å². The number of rotatable bonds is 6. The van der Waals surface area contributed by atoms with Crippen LogP contribution in [0.3, 0.4) is 0 Å². The van der Waals surface area contributed by atoms with E-state index >= 15 is 0 Å². The minimum Gasteiger partial charge on any atom is -0.349 e. The van der Waals surface area contributed by atoms with Crippen molar-refractivity contribution in [3.05, 3.63) is 0 Å². The van der Waals surface area contributed by atoms with E-state index in [1.54, 1.807) is 0 Å². The van der Waals surface area contributed by atoms with Crippen molar-refractivity contribution in [2.24, 2.45) is 35.5 Å². The molecule has 0 saturated carbocycles. The molecule has 0 aromatic carbocycles. The second kappa shape index (κ2) is 8.27. The SMILES string of the molecule is CCC1OC(CC)(OC2OC(CC(C)C)C(C)C(C)[C@@H]2C)C(C)C1C. The highest BCUT2D eigenvalue weighted by Crippen LogP contribution is 2.47. The minimum absolute atomic E-state index is 0.167. The van der Waals surface area contributed by atoms with Crippen LogP contribution in [0.4, 0.5) is 0 Å². The quantitative estimate of drug-likeness (QED) is 0.597. The fourth-order valence-corrected chi connectivity index (χ4v) is 4.82. The van der Waals surface area contributed by atoms with Crippen molar-refractivity contribution in [3.63, 3.8) is 0 Å². The van der Waals surface area contributed by atoms with E-state index in [-0.39, 0.29) is 18.5 Å². The Bertz CT molecular complexity index is 423. The minimum atomic E-state index is -0.498. The number of hydrogen-bond acceptors (Lipinski definition) is 3. The highest BCUT2D eigenvalue weighted by Gasteiger charge is 2.53. The summed E-state index contributed by atoms with van der Waals surface area (Å²) in [7, 11) is 0. The van der Waals surface area contributed by atoms with Gasteiger partial charge in [-0.1, -0.05) is 62.3 Å². The van der Waals surface area contributed by atoms with Crippen molar-refractivity contribution >= 4 is 0 Å². The molecule has 2 rings (SSSR count). The van der Waals surface area contributed by atoms with Gasteiger partial charge in [-0.2, -0.15) is 0 Å². The molecule has 0 aliphatic carbocycles. The highest BCUT2D eigenvalue weighted by molar-refractivity contribution is 4.93. The third-order valence-corrected chi connectivity index (χ3v) is 7.32. The molecule has 0 amide bonds. The Morgan fingerprint density at radius 1 is 0.880 bits per heavy atom. The number of ether oxygens (including phenoxy) is 3. The van der Waals surface area contributed by atoms with Crippen LogP contribution in [-0.4, -0.2) is 24.3 Å². The first kappa shape index (κ1) is 21.2. The van der Waals surface area contributed by atoms with Crippen LogP contribution >= 0.6 is 0 Å². The van der Waals surface area contributed by atoms with E-state index in [2.05, 4.69) is 62.3 Å². The summed E-state index contributed by atoms with van der Waals surface area (Å²) < 4.78 is 19.7. The zero-order chi connectivity index (χ0) is 18.9. The topological polar surface area (TPSA) is 27.7 Å². The molecule has 3 nitrogen and oxygen atoms in total. The molecule has 0 N–H and O–H groups in total. The molecular weight excluding hydrogens is 312 g/mol. The monoisotopic (exact) mass is 354 g/mol. The maximum absolute atomic E-state index is 6.70. The molecule has 2 saturated heterocycles. The van der Waals surface area contributed by atoms with E-state index in [9.17, 15) is 0 Å². The standard InChI is InChI=1S/C22H42O3/c1-10-19-17(8)18(9)22(11-2,24-19)25-21-16(7)14(5)15(6)20(23-21)12-13(3)4/h13-21H,10-12H2,1-9H3/t14?,15?,16-,17?,18?,19?,20?,21?,22?/m0/s1. The van der Waals surface area contributed by atoms with E-state index in [1.807, 2.05) is 0 Å². The molecule has 25 heavy (non-hydrogen) atoms. The summed E-state index contributed by atoms with van der Waals surface area (Å²) in [6.07, 6.45) is 3.42. The molecule has 0 aromatic rings. The van der Waals surface area contributed by atoms with Crippen LogP contribution in [0.25, 0.3) is 0 Å². The fraction of sp³-hybridized carbons (Fsp3) is 1.00. The van der Waals surface area contributed by atoms with Crippen molar-refractivity contribution in [1.29, 1.82) is 0 Å². The molecule has 8 unspecified atom stereocenters. The Morgan fingerprint density at radius 2 is 1.52 bits per heavy atom. The summed E-state index contributed by atoms with van der Waals surface area (Å²) in [5, 5.41) is 0. The van der Waals surface area contributed by atoms with Crippen LogP contribution in [0.2, 0.25) is 0 Å². The smallest absolute Gasteiger partial charge is 0.174 e. The molecular formula is C22H42O3. The Kier molecular flexibility index (Phi) is 7.01. The third kappa shape index (κ3) is 4.09. The second-order valence-corrected chi connectivity index (χ2v) is 9.25. The summed E-state index contributed by atoms with van der Waals surface area (Å²) in [5.41, 5.74) is 0. The summed E-state index contributed by atoms with van der Waals surface area (Å²) in [5.74, 6) is 2.59. The van der Waals surface area contributed by atoms with Gasteiger partial charge in [-0.15, -0.1) is 0 Å². The zero-order valence-electron chi connectivity index (χ0n) is 18.0. The summed E-state index contributed by atoms with van der Waals surface area (Å²) >= 11 is 0. The molecule has 0 spiro atoms. The Hall–Kier alpha value is -0.120. The molecule has 2 aliphatic heterocycles. The van der Waals surface area contributed by atoms with Crippen LogP contribution in [0.1, 0.15) is 81.6 Å². The Labute approximate surface area is 156 Å². The van der Waals surface area contributed by atoms with Gasteiger partial charge in [0.25, 0.3) is 0 Å². The van der Waals surface area contributed by atoms with Crippen molar-refractivity contribution in [1.82, 2.24) is 0 Å². The zero-order valence-corrected chi connectivity index (χ0v) is 18.0. The lowest BCUT2D eigenvalue weighted by molar-refractivity contribution is -0.354. The molecule has 2 heterocycles. The highest BCUT2D eigenvalue weighted by atomic mass is 16.8. The van der Waals surface area contributed by atoms with Crippen LogP contribution < -0.4 is 0 Å². The molecule has 2 aliphatic rings. The van der Waals surface area contributed by atoms with E-state index < -0.39 is 5.79 Å². The van der Waals surface area contributed by atoms with Gasteiger partial charge in [0, 0.05) is 11.8 Å². The van der Waals surface area contributed by atoms with Gasteiger partial charge < -0.3 is 14.2 Å². The maximum atomic E-state index is 6.70. The lowest BCUT2D eigenvalue weighted by Gasteiger charge is -2.47. The molecule has 0 aromatic heterocycles. The third-order valence-electron chi connectivity index (χ3n) is 7.32. The van der Waals surface area contributed by atoms with Gasteiger partial charge in [0.2, 0.25) is 0 Å². The second-order valence-electron chi connectivity index (χ2n) is 9.25. The molecule has 0 radical (unpaired) electrons. The Morgan fingerprint density at radius 3 is 2.00 bits per heavy atom.